The van der Waals surface area contributed by atoms with Crippen molar-refractivity contribution in [3.05, 3.63) is 156 Å². The fraction of sp³-hybridized carbons (Fsp3) is 0.150. The van der Waals surface area contributed by atoms with Crippen LogP contribution in [0.15, 0.2) is 133 Å². The highest BCUT2D eigenvalue weighted by Gasteiger charge is 2.42. The Morgan fingerprint density at radius 1 is 0.512 bits per heavy atom. The van der Waals surface area contributed by atoms with Crippen molar-refractivity contribution in [2.75, 3.05) is 0 Å². The van der Waals surface area contributed by atoms with Crippen molar-refractivity contribution in [2.24, 2.45) is 0 Å². The van der Waals surface area contributed by atoms with Gasteiger partial charge in [0.1, 0.15) is 11.5 Å². The standard InChI is InChI=1S/C40H34N2O/c41-36(28-11-3-1-4-12-28)20-21-37(42)33-16-10-15-31(26-33)29-13-9-14-30(25-29)32-19-22-39-35(27-32)40(23-7-2-8-24-40)34-17-5-6-18-38(34)43-39/h1,3-6,9-22,25-27,41-42H,2,7-8,23-24H2/b21-20-,41-36?,42-37?. The third-order valence-electron chi connectivity index (χ3n) is 9.03. The van der Waals surface area contributed by atoms with Crippen LogP contribution >= 0.6 is 0 Å². The van der Waals surface area contributed by atoms with Crippen molar-refractivity contribution < 1.29 is 4.74 Å². The Morgan fingerprint density at radius 2 is 1.09 bits per heavy atom. The molecule has 3 heteroatoms. The topological polar surface area (TPSA) is 56.9 Å². The first-order chi connectivity index (χ1) is 21.1. The van der Waals surface area contributed by atoms with Crippen LogP contribution in [0.3, 0.4) is 0 Å². The molecular weight excluding hydrogens is 524 g/mol. The second kappa shape index (κ2) is 11.3. The van der Waals surface area contributed by atoms with E-state index in [1.54, 1.807) is 12.2 Å². The van der Waals surface area contributed by atoms with Gasteiger partial charge in [-0.1, -0.05) is 110 Å². The average Bonchev–Trinajstić information content (AvgIpc) is 3.08. The highest BCUT2D eigenvalue weighted by Crippen LogP contribution is 2.55. The molecule has 0 amide bonds. The molecule has 1 aliphatic carbocycles. The lowest BCUT2D eigenvalue weighted by Crippen LogP contribution is -2.33. The fourth-order valence-electron chi connectivity index (χ4n) is 6.80. The molecule has 2 aliphatic rings. The van der Waals surface area contributed by atoms with E-state index in [4.69, 9.17) is 15.6 Å². The first kappa shape index (κ1) is 26.9. The summed E-state index contributed by atoms with van der Waals surface area (Å²) in [5, 5.41) is 17.0. The molecule has 0 aromatic heterocycles. The molecule has 5 aromatic carbocycles. The molecule has 43 heavy (non-hydrogen) atoms. The quantitative estimate of drug-likeness (QED) is 0.200. The maximum atomic E-state index is 8.66. The molecule has 210 valence electrons. The van der Waals surface area contributed by atoms with Crippen molar-refractivity contribution in [1.29, 1.82) is 10.8 Å². The van der Waals surface area contributed by atoms with Crippen molar-refractivity contribution >= 4 is 11.4 Å². The average molecular weight is 559 g/mol. The van der Waals surface area contributed by atoms with Crippen LogP contribution in [0, 0.1) is 10.8 Å². The number of benzene rings is 5. The summed E-state index contributed by atoms with van der Waals surface area (Å²) < 4.78 is 6.45. The summed E-state index contributed by atoms with van der Waals surface area (Å²) in [6.07, 6.45) is 9.48. The molecule has 2 N–H and O–H groups in total. The molecule has 1 saturated carbocycles. The van der Waals surface area contributed by atoms with Crippen LogP contribution in [0.5, 0.6) is 11.5 Å². The van der Waals surface area contributed by atoms with Crippen LogP contribution in [0.4, 0.5) is 0 Å². The minimum absolute atomic E-state index is 0.00904. The van der Waals surface area contributed by atoms with E-state index >= 15 is 0 Å². The monoisotopic (exact) mass is 558 g/mol. The minimum Gasteiger partial charge on any atom is -0.457 e. The van der Waals surface area contributed by atoms with E-state index in [-0.39, 0.29) is 5.41 Å². The van der Waals surface area contributed by atoms with E-state index < -0.39 is 0 Å². The van der Waals surface area contributed by atoms with Crippen LogP contribution in [0.1, 0.15) is 54.4 Å². The second-order valence-electron chi connectivity index (χ2n) is 11.6. The highest BCUT2D eigenvalue weighted by atomic mass is 16.5. The largest absolute Gasteiger partial charge is 0.457 e. The minimum atomic E-state index is 0.00904. The zero-order chi connectivity index (χ0) is 29.2. The molecule has 1 heterocycles. The summed E-state index contributed by atoms with van der Waals surface area (Å²) in [6, 6.07) is 41.7. The predicted molar refractivity (Wildman–Crippen MR) is 177 cm³/mol. The van der Waals surface area contributed by atoms with Crippen LogP contribution in [-0.4, -0.2) is 11.4 Å². The Labute approximate surface area is 253 Å². The number of rotatable bonds is 6. The molecule has 7 rings (SSSR count). The van der Waals surface area contributed by atoms with E-state index in [0.717, 1.165) is 46.6 Å². The van der Waals surface area contributed by atoms with Gasteiger partial charge in [-0.2, -0.15) is 0 Å². The normalized spacial score (nSPS) is 15.0. The molecule has 0 unspecified atom stereocenters. The van der Waals surface area contributed by atoms with Gasteiger partial charge in [0, 0.05) is 16.5 Å². The molecule has 0 atom stereocenters. The number of hydrogen-bond acceptors (Lipinski definition) is 3. The van der Waals surface area contributed by atoms with Gasteiger partial charge >= 0.3 is 0 Å². The number of hydrogen-bond donors (Lipinski definition) is 2. The van der Waals surface area contributed by atoms with Gasteiger partial charge in [0.15, 0.2) is 0 Å². The summed E-state index contributed by atoms with van der Waals surface area (Å²) >= 11 is 0. The van der Waals surface area contributed by atoms with E-state index in [0.29, 0.717) is 11.4 Å². The molecular formula is C40H34N2O. The number of ether oxygens (including phenoxy) is 1. The highest BCUT2D eigenvalue weighted by molar-refractivity contribution is 6.14. The van der Waals surface area contributed by atoms with E-state index in [9.17, 15) is 0 Å². The lowest BCUT2D eigenvalue weighted by Gasteiger charge is -2.43. The molecule has 3 nitrogen and oxygen atoms in total. The van der Waals surface area contributed by atoms with Gasteiger partial charge in [0.05, 0.1) is 11.4 Å². The maximum absolute atomic E-state index is 8.66. The number of nitrogens with one attached hydrogen (secondary N) is 2. The summed E-state index contributed by atoms with van der Waals surface area (Å²) in [5.41, 5.74) is 9.63. The Kier molecular flexibility index (Phi) is 7.08. The maximum Gasteiger partial charge on any atom is 0.131 e. The van der Waals surface area contributed by atoms with Crippen LogP contribution < -0.4 is 4.74 Å². The van der Waals surface area contributed by atoms with Gasteiger partial charge in [-0.25, -0.2) is 0 Å². The van der Waals surface area contributed by atoms with Gasteiger partial charge in [0.2, 0.25) is 0 Å². The number of allylic oxidation sites excluding steroid dienone is 2. The van der Waals surface area contributed by atoms with E-state index in [1.165, 1.54) is 41.5 Å². The zero-order valence-corrected chi connectivity index (χ0v) is 24.1. The molecule has 0 radical (unpaired) electrons. The van der Waals surface area contributed by atoms with Gasteiger partial charge in [-0.05, 0) is 88.7 Å². The van der Waals surface area contributed by atoms with Crippen molar-refractivity contribution in [3.63, 3.8) is 0 Å². The van der Waals surface area contributed by atoms with E-state index in [2.05, 4.69) is 78.9 Å². The Bertz CT molecular complexity index is 1860. The van der Waals surface area contributed by atoms with E-state index in [1.807, 2.05) is 42.5 Å². The van der Waals surface area contributed by atoms with Gasteiger partial charge in [-0.3, -0.25) is 0 Å². The summed E-state index contributed by atoms with van der Waals surface area (Å²) in [4.78, 5) is 0. The Morgan fingerprint density at radius 3 is 1.86 bits per heavy atom. The van der Waals surface area contributed by atoms with Crippen LogP contribution in [0.2, 0.25) is 0 Å². The molecule has 0 bridgehead atoms. The first-order valence-corrected chi connectivity index (χ1v) is 15.1. The first-order valence-electron chi connectivity index (χ1n) is 15.1. The third kappa shape index (κ3) is 5.12. The summed E-state index contributed by atoms with van der Waals surface area (Å²) in [7, 11) is 0. The number of fused-ring (bicyclic) bond motifs is 4. The Balaban J connectivity index is 1.19. The van der Waals surface area contributed by atoms with Crippen LogP contribution in [0.25, 0.3) is 22.3 Å². The molecule has 5 aromatic rings. The lowest BCUT2D eigenvalue weighted by atomic mass is 9.63. The molecule has 1 fully saturated rings. The van der Waals surface area contributed by atoms with Crippen molar-refractivity contribution in [3.8, 4) is 33.8 Å². The second-order valence-corrected chi connectivity index (χ2v) is 11.6. The summed E-state index contributed by atoms with van der Waals surface area (Å²) in [6.45, 7) is 0. The van der Waals surface area contributed by atoms with Crippen LogP contribution in [-0.2, 0) is 5.41 Å². The molecule has 1 spiro atoms. The SMILES string of the molecule is N=C(/C=C\C(=N)c1cccc(-c2cccc(-c3ccc4c(c3)C3(CCCCC3)c3ccccc3O4)c2)c1)c1ccccc1. The predicted octanol–water partition coefficient (Wildman–Crippen LogP) is 10.4. The fourth-order valence-corrected chi connectivity index (χ4v) is 6.80. The number of para-hydroxylation sites is 1. The lowest BCUT2D eigenvalue weighted by molar-refractivity contribution is 0.306. The third-order valence-corrected chi connectivity index (χ3v) is 9.03. The van der Waals surface area contributed by atoms with Gasteiger partial charge in [-0.15, -0.1) is 0 Å². The van der Waals surface area contributed by atoms with Gasteiger partial charge in [0.25, 0.3) is 0 Å². The van der Waals surface area contributed by atoms with Crippen molar-refractivity contribution in [1.82, 2.24) is 0 Å². The molecule has 0 saturated heterocycles. The zero-order valence-electron chi connectivity index (χ0n) is 24.1. The smallest absolute Gasteiger partial charge is 0.131 e. The van der Waals surface area contributed by atoms with Gasteiger partial charge < -0.3 is 15.6 Å². The Hall–Kier alpha value is -5.02. The summed E-state index contributed by atoms with van der Waals surface area (Å²) in [5.74, 6) is 1.99. The van der Waals surface area contributed by atoms with Crippen molar-refractivity contribution in [2.45, 2.75) is 37.5 Å². The molecule has 1 aliphatic heterocycles.